The lowest BCUT2D eigenvalue weighted by atomic mass is 10.1. The van der Waals surface area contributed by atoms with Crippen molar-refractivity contribution in [2.24, 2.45) is 0 Å². The molecule has 0 heterocycles. The summed E-state index contributed by atoms with van der Waals surface area (Å²) >= 11 is 0. The Morgan fingerprint density at radius 3 is 2.39 bits per heavy atom. The zero-order valence-corrected chi connectivity index (χ0v) is 10.2. The largest absolute Gasteiger partial charge is 0.416 e. The molecular formula is C13H17F3O2. The first kappa shape index (κ1) is 15.0. The summed E-state index contributed by atoms with van der Waals surface area (Å²) in [6, 6.07) is 9.63. The van der Waals surface area contributed by atoms with Crippen molar-refractivity contribution in [2.75, 3.05) is 6.61 Å². The van der Waals surface area contributed by atoms with Crippen molar-refractivity contribution in [1.82, 2.24) is 0 Å². The molecule has 5 heteroatoms. The summed E-state index contributed by atoms with van der Waals surface area (Å²) in [5, 5.41) is 8.92. The molecule has 18 heavy (non-hydrogen) atoms. The van der Waals surface area contributed by atoms with Gasteiger partial charge in [0, 0.05) is 6.61 Å². The molecule has 0 aromatic heterocycles. The second-order valence-corrected chi connectivity index (χ2v) is 4.15. The molecule has 1 N–H and O–H groups in total. The molecular weight excluding hydrogens is 245 g/mol. The van der Waals surface area contributed by atoms with Crippen LogP contribution in [0.2, 0.25) is 0 Å². The van der Waals surface area contributed by atoms with E-state index in [2.05, 4.69) is 0 Å². The van der Waals surface area contributed by atoms with Gasteiger partial charge in [-0.1, -0.05) is 30.3 Å². The summed E-state index contributed by atoms with van der Waals surface area (Å²) in [6.45, 7) is 1.42. The van der Waals surface area contributed by atoms with Crippen molar-refractivity contribution in [1.29, 1.82) is 0 Å². The maximum absolute atomic E-state index is 12.1. The van der Waals surface area contributed by atoms with Crippen LogP contribution in [0.5, 0.6) is 0 Å². The lowest BCUT2D eigenvalue weighted by molar-refractivity contribution is -0.234. The molecule has 102 valence electrons. The first-order valence-corrected chi connectivity index (χ1v) is 5.81. The molecule has 1 rings (SSSR count). The van der Waals surface area contributed by atoms with E-state index in [0.717, 1.165) is 12.0 Å². The second kappa shape index (κ2) is 6.75. The zero-order valence-electron chi connectivity index (χ0n) is 10.2. The van der Waals surface area contributed by atoms with E-state index in [1.54, 1.807) is 0 Å². The van der Waals surface area contributed by atoms with E-state index in [9.17, 15) is 13.2 Å². The number of hydrogen-bond acceptors (Lipinski definition) is 2. The van der Waals surface area contributed by atoms with Gasteiger partial charge in [-0.05, 0) is 25.3 Å². The fraction of sp³-hybridized carbons (Fsp3) is 0.538. The quantitative estimate of drug-likeness (QED) is 0.799. The third-order valence-corrected chi connectivity index (χ3v) is 2.61. The van der Waals surface area contributed by atoms with Gasteiger partial charge in [-0.3, -0.25) is 0 Å². The van der Waals surface area contributed by atoms with Gasteiger partial charge >= 0.3 is 6.18 Å². The molecule has 0 saturated carbocycles. The molecule has 0 amide bonds. The molecule has 0 unspecified atom stereocenters. The Hall–Kier alpha value is -1.07. The molecule has 0 saturated heterocycles. The summed E-state index contributed by atoms with van der Waals surface area (Å²) in [4.78, 5) is 0. The van der Waals surface area contributed by atoms with Gasteiger partial charge < -0.3 is 9.84 Å². The van der Waals surface area contributed by atoms with Gasteiger partial charge in [0.15, 0.2) is 6.10 Å². The van der Waals surface area contributed by atoms with Crippen LogP contribution in [0.3, 0.4) is 0 Å². The first-order chi connectivity index (χ1) is 8.41. The highest BCUT2D eigenvalue weighted by molar-refractivity contribution is 5.14. The van der Waals surface area contributed by atoms with Gasteiger partial charge in [0.1, 0.15) is 0 Å². The van der Waals surface area contributed by atoms with Crippen molar-refractivity contribution in [2.45, 2.75) is 38.1 Å². The van der Waals surface area contributed by atoms with Crippen LogP contribution in [-0.4, -0.2) is 30.1 Å². The average molecular weight is 262 g/mol. The minimum Gasteiger partial charge on any atom is -0.381 e. The molecule has 2 nitrogen and oxygen atoms in total. The standard InChI is InChI=1S/C13H17F3O2/c1-10(12(17)13(14,15)16)18-9-5-8-11-6-3-2-4-7-11/h2-4,6-7,10,12,17H,5,8-9H2,1H3/t10-,12-/m0/s1. The number of benzene rings is 1. The van der Waals surface area contributed by atoms with Crippen LogP contribution in [0.15, 0.2) is 30.3 Å². The van der Waals surface area contributed by atoms with Gasteiger partial charge in [0.25, 0.3) is 0 Å². The fourth-order valence-corrected chi connectivity index (χ4v) is 1.55. The lowest BCUT2D eigenvalue weighted by Crippen LogP contribution is -2.39. The fourth-order valence-electron chi connectivity index (χ4n) is 1.55. The zero-order chi connectivity index (χ0) is 13.6. The Kier molecular flexibility index (Phi) is 5.62. The predicted octanol–water partition coefficient (Wildman–Crippen LogP) is 2.95. The highest BCUT2D eigenvalue weighted by atomic mass is 19.4. The molecule has 2 atom stereocenters. The van der Waals surface area contributed by atoms with E-state index in [1.807, 2.05) is 30.3 Å². The number of aliphatic hydroxyl groups excluding tert-OH is 1. The monoisotopic (exact) mass is 262 g/mol. The van der Waals surface area contributed by atoms with Crippen molar-refractivity contribution >= 4 is 0 Å². The number of aryl methyl sites for hydroxylation is 1. The van der Waals surface area contributed by atoms with Crippen LogP contribution in [0, 0.1) is 0 Å². The molecule has 1 aromatic rings. The molecule has 0 bridgehead atoms. The van der Waals surface area contributed by atoms with Crippen molar-refractivity contribution in [3.63, 3.8) is 0 Å². The lowest BCUT2D eigenvalue weighted by Gasteiger charge is -2.21. The minimum atomic E-state index is -4.63. The Bertz CT molecular complexity index is 338. The number of hydrogen-bond donors (Lipinski definition) is 1. The van der Waals surface area contributed by atoms with E-state index in [1.165, 1.54) is 6.92 Å². The van der Waals surface area contributed by atoms with Crippen LogP contribution in [0.4, 0.5) is 13.2 Å². The number of rotatable bonds is 6. The summed E-state index contributed by atoms with van der Waals surface area (Å²) < 4.78 is 41.4. The van der Waals surface area contributed by atoms with E-state index in [4.69, 9.17) is 9.84 Å². The highest BCUT2D eigenvalue weighted by Gasteiger charge is 2.42. The van der Waals surface area contributed by atoms with E-state index >= 15 is 0 Å². The smallest absolute Gasteiger partial charge is 0.381 e. The topological polar surface area (TPSA) is 29.5 Å². The molecule has 0 radical (unpaired) electrons. The molecule has 0 fully saturated rings. The Morgan fingerprint density at radius 2 is 1.83 bits per heavy atom. The molecule has 0 aliphatic rings. The summed E-state index contributed by atoms with van der Waals surface area (Å²) in [7, 11) is 0. The Balaban J connectivity index is 2.22. The van der Waals surface area contributed by atoms with E-state index in [-0.39, 0.29) is 6.61 Å². The van der Waals surface area contributed by atoms with Gasteiger partial charge in [0.05, 0.1) is 6.10 Å². The first-order valence-electron chi connectivity index (χ1n) is 5.81. The Labute approximate surface area is 104 Å². The maximum atomic E-state index is 12.1. The van der Waals surface area contributed by atoms with Gasteiger partial charge in [-0.25, -0.2) is 0 Å². The number of aliphatic hydroxyl groups is 1. The molecule has 0 aliphatic heterocycles. The number of halogens is 3. The summed E-state index contributed by atoms with van der Waals surface area (Å²) in [5.41, 5.74) is 1.12. The minimum absolute atomic E-state index is 0.198. The predicted molar refractivity (Wildman–Crippen MR) is 62.2 cm³/mol. The highest BCUT2D eigenvalue weighted by Crippen LogP contribution is 2.23. The third kappa shape index (κ3) is 5.06. The van der Waals surface area contributed by atoms with Crippen LogP contribution in [0.25, 0.3) is 0 Å². The van der Waals surface area contributed by atoms with Crippen molar-refractivity contribution < 1.29 is 23.0 Å². The Morgan fingerprint density at radius 1 is 1.22 bits per heavy atom. The van der Waals surface area contributed by atoms with Gasteiger partial charge in [-0.2, -0.15) is 13.2 Å². The van der Waals surface area contributed by atoms with E-state index < -0.39 is 18.4 Å². The summed E-state index contributed by atoms with van der Waals surface area (Å²) in [5.74, 6) is 0. The van der Waals surface area contributed by atoms with E-state index in [0.29, 0.717) is 6.42 Å². The number of ether oxygens (including phenoxy) is 1. The SMILES string of the molecule is C[C@H](OCCCc1ccccc1)[C@H](O)C(F)(F)F. The number of alkyl halides is 3. The third-order valence-electron chi connectivity index (χ3n) is 2.61. The van der Waals surface area contributed by atoms with Crippen LogP contribution < -0.4 is 0 Å². The van der Waals surface area contributed by atoms with Gasteiger partial charge in [0.2, 0.25) is 0 Å². The van der Waals surface area contributed by atoms with Crippen LogP contribution in [-0.2, 0) is 11.2 Å². The average Bonchev–Trinajstić information content (AvgIpc) is 2.33. The summed E-state index contributed by atoms with van der Waals surface area (Å²) in [6.07, 6.45) is -6.91. The molecule has 1 aromatic carbocycles. The normalized spacial score (nSPS) is 15.4. The van der Waals surface area contributed by atoms with Gasteiger partial charge in [-0.15, -0.1) is 0 Å². The van der Waals surface area contributed by atoms with Crippen molar-refractivity contribution in [3.8, 4) is 0 Å². The van der Waals surface area contributed by atoms with Crippen LogP contribution in [0.1, 0.15) is 18.9 Å². The molecule has 0 spiro atoms. The second-order valence-electron chi connectivity index (χ2n) is 4.15. The maximum Gasteiger partial charge on any atom is 0.416 e. The van der Waals surface area contributed by atoms with Crippen molar-refractivity contribution in [3.05, 3.63) is 35.9 Å². The van der Waals surface area contributed by atoms with Crippen LogP contribution >= 0.6 is 0 Å². The molecule has 0 aliphatic carbocycles.